The van der Waals surface area contributed by atoms with E-state index in [2.05, 4.69) is 24.1 Å². The van der Waals surface area contributed by atoms with Crippen LogP contribution < -0.4 is 5.32 Å². The SMILES string of the molecule is CC1(C)CCC(NC(=O)c2cccc3cc[nH]c23)C1. The van der Waals surface area contributed by atoms with Gasteiger partial charge in [-0.05, 0) is 36.8 Å². The fourth-order valence-electron chi connectivity index (χ4n) is 3.10. The monoisotopic (exact) mass is 256 g/mol. The van der Waals surface area contributed by atoms with Gasteiger partial charge in [-0.3, -0.25) is 4.79 Å². The van der Waals surface area contributed by atoms with Crippen molar-refractivity contribution in [1.29, 1.82) is 0 Å². The standard InChI is InChI=1S/C16H20N2O/c1-16(2)8-6-12(10-16)18-15(19)13-5-3-4-11-7-9-17-14(11)13/h3-5,7,9,12,17H,6,8,10H2,1-2H3,(H,18,19). The highest BCUT2D eigenvalue weighted by Gasteiger charge is 2.31. The van der Waals surface area contributed by atoms with E-state index in [-0.39, 0.29) is 5.91 Å². The zero-order chi connectivity index (χ0) is 13.5. The summed E-state index contributed by atoms with van der Waals surface area (Å²) in [4.78, 5) is 15.5. The molecule has 100 valence electrons. The Bertz CT molecular complexity index is 612. The number of hydrogen-bond acceptors (Lipinski definition) is 1. The number of nitrogens with one attached hydrogen (secondary N) is 2. The van der Waals surface area contributed by atoms with Gasteiger partial charge >= 0.3 is 0 Å². The molecule has 3 rings (SSSR count). The predicted molar refractivity (Wildman–Crippen MR) is 77.2 cm³/mol. The maximum atomic E-state index is 12.4. The fraction of sp³-hybridized carbons (Fsp3) is 0.438. The molecule has 1 saturated carbocycles. The molecule has 1 aliphatic carbocycles. The zero-order valence-electron chi connectivity index (χ0n) is 11.5. The molecule has 1 fully saturated rings. The molecule has 0 radical (unpaired) electrons. The summed E-state index contributed by atoms with van der Waals surface area (Å²) in [7, 11) is 0. The van der Waals surface area contributed by atoms with Crippen molar-refractivity contribution in [3.8, 4) is 0 Å². The van der Waals surface area contributed by atoms with E-state index in [0.717, 1.165) is 29.3 Å². The van der Waals surface area contributed by atoms with E-state index in [1.165, 1.54) is 6.42 Å². The molecule has 0 saturated heterocycles. The number of aromatic amines is 1. The second-order valence-electron chi connectivity index (χ2n) is 6.32. The van der Waals surface area contributed by atoms with Crippen molar-refractivity contribution in [2.45, 2.75) is 39.2 Å². The number of para-hydroxylation sites is 1. The van der Waals surface area contributed by atoms with Gasteiger partial charge < -0.3 is 10.3 Å². The number of amides is 1. The minimum atomic E-state index is 0.0377. The third-order valence-corrected chi connectivity index (χ3v) is 4.14. The normalized spacial score (nSPS) is 21.7. The van der Waals surface area contributed by atoms with Crippen molar-refractivity contribution < 1.29 is 4.79 Å². The number of carbonyl (C=O) groups excluding carboxylic acids is 1. The number of hydrogen-bond donors (Lipinski definition) is 2. The quantitative estimate of drug-likeness (QED) is 0.849. The van der Waals surface area contributed by atoms with Gasteiger partial charge in [0.25, 0.3) is 5.91 Å². The molecule has 1 unspecified atom stereocenters. The third-order valence-electron chi connectivity index (χ3n) is 4.14. The minimum Gasteiger partial charge on any atom is -0.361 e. The zero-order valence-corrected chi connectivity index (χ0v) is 11.5. The number of benzene rings is 1. The summed E-state index contributed by atoms with van der Waals surface area (Å²) in [5.74, 6) is 0.0377. The summed E-state index contributed by atoms with van der Waals surface area (Å²) >= 11 is 0. The Balaban J connectivity index is 1.79. The summed E-state index contributed by atoms with van der Waals surface area (Å²) in [5.41, 5.74) is 2.03. The van der Waals surface area contributed by atoms with E-state index < -0.39 is 0 Å². The lowest BCUT2D eigenvalue weighted by atomic mass is 9.92. The van der Waals surface area contributed by atoms with Gasteiger partial charge in [0.15, 0.2) is 0 Å². The summed E-state index contributed by atoms with van der Waals surface area (Å²) in [6.45, 7) is 4.54. The van der Waals surface area contributed by atoms with E-state index in [9.17, 15) is 4.79 Å². The van der Waals surface area contributed by atoms with Gasteiger partial charge in [0.2, 0.25) is 0 Å². The van der Waals surface area contributed by atoms with Crippen molar-refractivity contribution in [2.24, 2.45) is 5.41 Å². The maximum Gasteiger partial charge on any atom is 0.253 e. The molecule has 1 atom stereocenters. The van der Waals surface area contributed by atoms with Crippen molar-refractivity contribution >= 4 is 16.8 Å². The van der Waals surface area contributed by atoms with Crippen LogP contribution in [0.4, 0.5) is 0 Å². The van der Waals surface area contributed by atoms with Crippen LogP contribution in [0.2, 0.25) is 0 Å². The second-order valence-corrected chi connectivity index (χ2v) is 6.32. The Morgan fingerprint density at radius 3 is 2.95 bits per heavy atom. The molecule has 1 aromatic heterocycles. The van der Waals surface area contributed by atoms with Gasteiger partial charge in [-0.25, -0.2) is 0 Å². The molecule has 3 heteroatoms. The van der Waals surface area contributed by atoms with E-state index >= 15 is 0 Å². The topological polar surface area (TPSA) is 44.9 Å². The Kier molecular flexibility index (Phi) is 2.85. The highest BCUT2D eigenvalue weighted by molar-refractivity contribution is 6.05. The highest BCUT2D eigenvalue weighted by Crippen LogP contribution is 2.37. The number of rotatable bonds is 2. The lowest BCUT2D eigenvalue weighted by Gasteiger charge is -2.18. The van der Waals surface area contributed by atoms with Crippen LogP contribution in [0.15, 0.2) is 30.5 Å². The van der Waals surface area contributed by atoms with Crippen LogP contribution in [0.3, 0.4) is 0 Å². The van der Waals surface area contributed by atoms with Crippen molar-refractivity contribution in [3.63, 3.8) is 0 Å². The summed E-state index contributed by atoms with van der Waals surface area (Å²) < 4.78 is 0. The lowest BCUT2D eigenvalue weighted by molar-refractivity contribution is 0.0937. The smallest absolute Gasteiger partial charge is 0.253 e. The lowest BCUT2D eigenvalue weighted by Crippen LogP contribution is -2.33. The molecule has 1 amide bonds. The number of fused-ring (bicyclic) bond motifs is 1. The molecule has 3 nitrogen and oxygen atoms in total. The second kappa shape index (κ2) is 4.41. The van der Waals surface area contributed by atoms with Crippen molar-refractivity contribution in [2.75, 3.05) is 0 Å². The first-order valence-electron chi connectivity index (χ1n) is 6.92. The molecule has 2 aromatic rings. The summed E-state index contributed by atoms with van der Waals surface area (Å²) in [6.07, 6.45) is 5.21. The van der Waals surface area contributed by atoms with Crippen LogP contribution in [0.5, 0.6) is 0 Å². The minimum absolute atomic E-state index is 0.0377. The van der Waals surface area contributed by atoms with Gasteiger partial charge in [0.1, 0.15) is 0 Å². The number of H-pyrrole nitrogens is 1. The van der Waals surface area contributed by atoms with Gasteiger partial charge in [-0.15, -0.1) is 0 Å². The Labute approximate surface area is 113 Å². The van der Waals surface area contributed by atoms with Crippen LogP contribution >= 0.6 is 0 Å². The molecule has 2 N–H and O–H groups in total. The van der Waals surface area contributed by atoms with Crippen LogP contribution in [0, 0.1) is 5.41 Å². The van der Waals surface area contributed by atoms with Gasteiger partial charge in [0, 0.05) is 17.6 Å². The largest absolute Gasteiger partial charge is 0.361 e. The number of carbonyl (C=O) groups is 1. The molecule has 1 heterocycles. The Hall–Kier alpha value is -1.77. The van der Waals surface area contributed by atoms with Gasteiger partial charge in [0.05, 0.1) is 11.1 Å². The first-order valence-corrected chi connectivity index (χ1v) is 6.92. The van der Waals surface area contributed by atoms with E-state index in [1.807, 2.05) is 30.5 Å². The fourth-order valence-corrected chi connectivity index (χ4v) is 3.10. The van der Waals surface area contributed by atoms with Gasteiger partial charge in [-0.2, -0.15) is 0 Å². The molecule has 19 heavy (non-hydrogen) atoms. The average molecular weight is 256 g/mol. The molecule has 0 aliphatic heterocycles. The van der Waals surface area contributed by atoms with Crippen molar-refractivity contribution in [1.82, 2.24) is 10.3 Å². The summed E-state index contributed by atoms with van der Waals surface area (Å²) in [5, 5.41) is 4.26. The third kappa shape index (κ3) is 2.37. The molecule has 0 bridgehead atoms. The predicted octanol–water partition coefficient (Wildman–Crippen LogP) is 3.48. The van der Waals surface area contributed by atoms with Crippen LogP contribution in [-0.4, -0.2) is 16.9 Å². The first kappa shape index (κ1) is 12.3. The van der Waals surface area contributed by atoms with E-state index in [4.69, 9.17) is 0 Å². The molecule has 1 aromatic carbocycles. The van der Waals surface area contributed by atoms with Crippen LogP contribution in [0.25, 0.3) is 10.9 Å². The van der Waals surface area contributed by atoms with Crippen molar-refractivity contribution in [3.05, 3.63) is 36.0 Å². The van der Waals surface area contributed by atoms with Crippen LogP contribution in [0.1, 0.15) is 43.5 Å². The maximum absolute atomic E-state index is 12.4. The average Bonchev–Trinajstić information content (AvgIpc) is 2.94. The summed E-state index contributed by atoms with van der Waals surface area (Å²) in [6, 6.07) is 8.14. The highest BCUT2D eigenvalue weighted by atomic mass is 16.1. The molecular formula is C16H20N2O. The van der Waals surface area contributed by atoms with E-state index in [1.54, 1.807) is 0 Å². The molecular weight excluding hydrogens is 236 g/mol. The van der Waals surface area contributed by atoms with Gasteiger partial charge in [-0.1, -0.05) is 26.0 Å². The Morgan fingerprint density at radius 2 is 2.21 bits per heavy atom. The number of aromatic nitrogens is 1. The van der Waals surface area contributed by atoms with E-state index in [0.29, 0.717) is 11.5 Å². The Morgan fingerprint density at radius 1 is 1.37 bits per heavy atom. The molecule has 0 spiro atoms. The van der Waals surface area contributed by atoms with Crippen LogP contribution in [-0.2, 0) is 0 Å². The molecule has 1 aliphatic rings. The first-order chi connectivity index (χ1) is 9.05.